The molecule has 0 fully saturated rings. The second kappa shape index (κ2) is 7.74. The number of carbonyl (C=O) groups is 1. The minimum atomic E-state index is -3.80. The fourth-order valence-electron chi connectivity index (χ4n) is 5.33. The summed E-state index contributed by atoms with van der Waals surface area (Å²) >= 11 is 0. The van der Waals surface area contributed by atoms with Gasteiger partial charge in [-0.25, -0.2) is 8.42 Å². The molecule has 0 saturated heterocycles. The summed E-state index contributed by atoms with van der Waals surface area (Å²) in [4.78, 5) is 18.9. The molecule has 34 heavy (non-hydrogen) atoms. The summed E-state index contributed by atoms with van der Waals surface area (Å²) < 4.78 is 28.8. The first-order chi connectivity index (χ1) is 16.4. The Morgan fingerprint density at radius 1 is 1.00 bits per heavy atom. The van der Waals surface area contributed by atoms with Gasteiger partial charge >= 0.3 is 0 Å². The van der Waals surface area contributed by atoms with Gasteiger partial charge in [-0.05, 0) is 49.2 Å². The molecule has 4 aromatic rings. The van der Waals surface area contributed by atoms with Crippen LogP contribution in [0.25, 0.3) is 10.9 Å². The molecule has 1 N–H and O–H groups in total. The first-order valence-corrected chi connectivity index (χ1v) is 13.0. The van der Waals surface area contributed by atoms with Crippen LogP contribution in [0.1, 0.15) is 34.1 Å². The maximum absolute atomic E-state index is 13.6. The number of amides is 1. The Morgan fingerprint density at radius 3 is 2.68 bits per heavy atom. The molecule has 2 aliphatic heterocycles. The van der Waals surface area contributed by atoms with Crippen LogP contribution in [-0.4, -0.2) is 36.8 Å². The fourth-order valence-corrected chi connectivity index (χ4v) is 7.07. The highest BCUT2D eigenvalue weighted by Crippen LogP contribution is 2.37. The van der Waals surface area contributed by atoms with Crippen LogP contribution in [0.5, 0.6) is 0 Å². The Morgan fingerprint density at radius 2 is 1.79 bits per heavy atom. The molecule has 1 amide bonds. The van der Waals surface area contributed by atoms with Crippen molar-refractivity contribution in [2.45, 2.75) is 37.2 Å². The van der Waals surface area contributed by atoms with Crippen LogP contribution in [0, 0.1) is 0 Å². The number of benzene rings is 3. The van der Waals surface area contributed by atoms with Gasteiger partial charge in [-0.2, -0.15) is 0 Å². The maximum Gasteiger partial charge on any atom is 0.264 e. The van der Waals surface area contributed by atoms with Crippen LogP contribution in [0.15, 0.2) is 77.7 Å². The molecule has 0 radical (unpaired) electrons. The summed E-state index contributed by atoms with van der Waals surface area (Å²) in [7, 11) is -3.80. The van der Waals surface area contributed by atoms with Crippen LogP contribution in [0.4, 0.5) is 5.69 Å². The van der Waals surface area contributed by atoms with E-state index in [1.807, 2.05) is 54.3 Å². The number of hydrogen-bond acceptors (Lipinski definition) is 3. The lowest BCUT2D eigenvalue weighted by molar-refractivity contribution is 0.0735. The predicted molar refractivity (Wildman–Crippen MR) is 132 cm³/mol. The second-order valence-corrected chi connectivity index (χ2v) is 10.9. The number of aromatic nitrogens is 1. The van der Waals surface area contributed by atoms with Gasteiger partial charge < -0.3 is 9.88 Å². The molecule has 3 heterocycles. The van der Waals surface area contributed by atoms with Crippen molar-refractivity contribution in [3.63, 3.8) is 0 Å². The van der Waals surface area contributed by atoms with E-state index in [2.05, 4.69) is 11.1 Å². The van der Waals surface area contributed by atoms with E-state index in [1.54, 1.807) is 18.2 Å². The second-order valence-electron chi connectivity index (χ2n) is 9.11. The van der Waals surface area contributed by atoms with E-state index in [0.29, 0.717) is 25.1 Å². The summed E-state index contributed by atoms with van der Waals surface area (Å²) in [5, 5.41) is 1.13. The van der Waals surface area contributed by atoms with E-state index in [-0.39, 0.29) is 16.8 Å². The Balaban J connectivity index is 1.31. The predicted octanol–water partition coefficient (Wildman–Crippen LogP) is 4.51. The van der Waals surface area contributed by atoms with Crippen molar-refractivity contribution in [1.82, 2.24) is 9.88 Å². The zero-order valence-electron chi connectivity index (χ0n) is 18.9. The van der Waals surface area contributed by atoms with Gasteiger partial charge in [-0.3, -0.25) is 9.10 Å². The number of rotatable bonds is 3. The molecule has 172 valence electrons. The molecule has 3 aromatic carbocycles. The molecule has 0 bridgehead atoms. The van der Waals surface area contributed by atoms with Gasteiger partial charge in [0.05, 0.1) is 10.6 Å². The zero-order valence-corrected chi connectivity index (χ0v) is 19.7. The van der Waals surface area contributed by atoms with Crippen LogP contribution in [-0.2, 0) is 29.4 Å². The highest BCUT2D eigenvalue weighted by Gasteiger charge is 2.36. The molecule has 0 saturated carbocycles. The first kappa shape index (κ1) is 21.0. The van der Waals surface area contributed by atoms with Crippen molar-refractivity contribution in [3.05, 3.63) is 95.2 Å². The minimum Gasteiger partial charge on any atom is -0.358 e. The molecule has 7 heteroatoms. The van der Waals surface area contributed by atoms with E-state index >= 15 is 0 Å². The average molecular weight is 472 g/mol. The molecular formula is C27H25N3O3S. The van der Waals surface area contributed by atoms with Crippen molar-refractivity contribution in [2.75, 3.05) is 10.8 Å². The van der Waals surface area contributed by atoms with E-state index in [4.69, 9.17) is 0 Å². The number of anilines is 1. The van der Waals surface area contributed by atoms with Crippen molar-refractivity contribution < 1.29 is 13.2 Å². The van der Waals surface area contributed by atoms with E-state index < -0.39 is 10.0 Å². The van der Waals surface area contributed by atoms with Gasteiger partial charge in [0, 0.05) is 53.3 Å². The number of fused-ring (bicyclic) bond motifs is 4. The molecule has 6 rings (SSSR count). The number of hydrogen-bond donors (Lipinski definition) is 1. The smallest absolute Gasteiger partial charge is 0.264 e. The van der Waals surface area contributed by atoms with Crippen molar-refractivity contribution >= 4 is 32.5 Å². The summed E-state index contributed by atoms with van der Waals surface area (Å²) in [6.45, 7) is 3.01. The highest BCUT2D eigenvalue weighted by molar-refractivity contribution is 7.92. The largest absolute Gasteiger partial charge is 0.358 e. The van der Waals surface area contributed by atoms with Gasteiger partial charge in [0.15, 0.2) is 0 Å². The van der Waals surface area contributed by atoms with Gasteiger partial charge in [0.1, 0.15) is 0 Å². The molecule has 0 aliphatic carbocycles. The number of aromatic amines is 1. The Kier molecular flexibility index (Phi) is 4.78. The summed E-state index contributed by atoms with van der Waals surface area (Å²) in [6.07, 6.45) is 1.42. The monoisotopic (exact) mass is 471 g/mol. The van der Waals surface area contributed by atoms with Gasteiger partial charge in [0.25, 0.3) is 15.9 Å². The summed E-state index contributed by atoms with van der Waals surface area (Å²) in [5.74, 6) is -0.150. The molecule has 1 aromatic heterocycles. The standard InChI is InChI=1S/C27H25N3O3S/c1-18-15-19-7-2-5-12-26(19)30(18)34(32,33)21-9-6-8-20(16-21)27(31)29-14-13-25-23(17-29)22-10-3-4-11-24(22)28-25/h2-12,16,18,28H,13-15,17H2,1H3. The number of para-hydroxylation sites is 2. The van der Waals surface area contributed by atoms with Crippen molar-refractivity contribution in [1.29, 1.82) is 0 Å². The first-order valence-electron chi connectivity index (χ1n) is 11.5. The lowest BCUT2D eigenvalue weighted by Gasteiger charge is -2.28. The molecule has 0 spiro atoms. The van der Waals surface area contributed by atoms with Gasteiger partial charge in [-0.15, -0.1) is 0 Å². The highest BCUT2D eigenvalue weighted by atomic mass is 32.2. The third-order valence-corrected chi connectivity index (χ3v) is 8.88. The van der Waals surface area contributed by atoms with Gasteiger partial charge in [0.2, 0.25) is 0 Å². The molecule has 2 aliphatic rings. The molecule has 1 unspecified atom stereocenters. The summed E-state index contributed by atoms with van der Waals surface area (Å²) in [6, 6.07) is 22.0. The molecule has 6 nitrogen and oxygen atoms in total. The Hall–Kier alpha value is -3.58. The van der Waals surface area contributed by atoms with E-state index in [1.165, 1.54) is 16.1 Å². The summed E-state index contributed by atoms with van der Waals surface area (Å²) in [5.41, 5.74) is 5.52. The minimum absolute atomic E-state index is 0.145. The van der Waals surface area contributed by atoms with Crippen LogP contribution in [0.3, 0.4) is 0 Å². The number of nitrogens with one attached hydrogen (secondary N) is 1. The Labute approximate surface area is 198 Å². The topological polar surface area (TPSA) is 73.5 Å². The number of nitrogens with zero attached hydrogens (tertiary/aromatic N) is 2. The maximum atomic E-state index is 13.6. The number of carbonyl (C=O) groups excluding carboxylic acids is 1. The SMILES string of the molecule is CC1Cc2ccccc2N1S(=O)(=O)c1cccc(C(=O)N2CCc3[nH]c4ccccc4c3C2)c1. The third kappa shape index (κ3) is 3.22. The lowest BCUT2D eigenvalue weighted by atomic mass is 10.0. The van der Waals surface area contributed by atoms with Gasteiger partial charge in [-0.1, -0.05) is 42.5 Å². The van der Waals surface area contributed by atoms with Crippen molar-refractivity contribution in [3.8, 4) is 0 Å². The van der Waals surface area contributed by atoms with Crippen molar-refractivity contribution in [2.24, 2.45) is 0 Å². The lowest BCUT2D eigenvalue weighted by Crippen LogP contribution is -2.37. The zero-order chi connectivity index (χ0) is 23.4. The van der Waals surface area contributed by atoms with E-state index in [9.17, 15) is 13.2 Å². The molecular weight excluding hydrogens is 446 g/mol. The van der Waals surface area contributed by atoms with Crippen LogP contribution < -0.4 is 4.31 Å². The molecule has 1 atom stereocenters. The quantitative estimate of drug-likeness (QED) is 0.478. The van der Waals surface area contributed by atoms with Crippen LogP contribution in [0.2, 0.25) is 0 Å². The normalized spacial score (nSPS) is 17.6. The fraction of sp³-hybridized carbons (Fsp3) is 0.222. The van der Waals surface area contributed by atoms with E-state index in [0.717, 1.165) is 34.1 Å². The third-order valence-electron chi connectivity index (χ3n) is 6.95. The number of sulfonamides is 1. The van der Waals surface area contributed by atoms with Crippen LogP contribution >= 0.6 is 0 Å². The Bertz CT molecular complexity index is 1540. The number of H-pyrrole nitrogens is 1. The average Bonchev–Trinajstić information content (AvgIpc) is 3.40.